The van der Waals surface area contributed by atoms with Crippen LogP contribution in [0, 0.1) is 6.92 Å². The minimum atomic E-state index is -0.789. The van der Waals surface area contributed by atoms with Gasteiger partial charge in [-0.2, -0.15) is 0 Å². The summed E-state index contributed by atoms with van der Waals surface area (Å²) in [6, 6.07) is 19.1. The Labute approximate surface area is 211 Å². The Bertz CT molecular complexity index is 1450. The molecule has 0 radical (unpaired) electrons. The van der Waals surface area contributed by atoms with Crippen molar-refractivity contribution in [3.63, 3.8) is 0 Å². The van der Waals surface area contributed by atoms with Crippen molar-refractivity contribution in [2.45, 2.75) is 50.9 Å². The lowest BCUT2D eigenvalue weighted by atomic mass is 9.86. The number of ether oxygens (including phenoxy) is 1. The zero-order valence-electron chi connectivity index (χ0n) is 20.9. The van der Waals surface area contributed by atoms with Crippen LogP contribution in [0.25, 0.3) is 11.1 Å². The van der Waals surface area contributed by atoms with Crippen molar-refractivity contribution < 1.29 is 4.74 Å². The number of aryl methyl sites for hydroxylation is 2. The molecule has 4 aromatic rings. The fraction of sp³-hybridized carbons (Fsp3) is 0.310. The van der Waals surface area contributed by atoms with E-state index in [-0.39, 0.29) is 12.0 Å². The van der Waals surface area contributed by atoms with Gasteiger partial charge in [0.2, 0.25) is 0 Å². The first-order chi connectivity index (χ1) is 17.6. The zero-order valence-corrected chi connectivity index (χ0v) is 20.9. The number of imidazole rings is 1. The summed E-state index contributed by atoms with van der Waals surface area (Å²) in [5, 5.41) is 4.90. The number of aromatic nitrogens is 5. The lowest BCUT2D eigenvalue weighted by Crippen LogP contribution is -2.38. The maximum atomic E-state index is 5.91. The average molecular weight is 479 g/mol. The molecular weight excluding hydrogens is 448 g/mol. The first-order valence-corrected chi connectivity index (χ1v) is 12.5. The molecule has 3 atom stereocenters. The molecule has 3 unspecified atom stereocenters. The van der Waals surface area contributed by atoms with Gasteiger partial charge in [0, 0.05) is 25.8 Å². The number of nitrogens with zero attached hydrogens (tertiary/aromatic N) is 6. The molecule has 0 saturated carbocycles. The standard InChI is InChI=1S/C29H30N6O/c1-20-18-34(19-30-20)26-16-15-25(32-29(26,2)36-3)27-31-28-24(14-9-17-35(28)33-27)23-13-8-7-12-22(23)21-10-5-4-6-11-21/h4-8,10-13,15-16,18-19,24,26H,9,14,17H2,1-3H3. The SMILES string of the molecule is COC1(C)N=C(c2nc3n(n2)CCCC3c2ccccc2-c2ccccc2)C=CC1n1cnc(C)c1. The summed E-state index contributed by atoms with van der Waals surface area (Å²) in [5.74, 6) is 1.83. The molecule has 0 bridgehead atoms. The number of rotatable bonds is 5. The van der Waals surface area contributed by atoms with Gasteiger partial charge < -0.3 is 9.30 Å². The van der Waals surface area contributed by atoms with E-state index >= 15 is 0 Å². The van der Waals surface area contributed by atoms with Crippen LogP contribution in [0.3, 0.4) is 0 Å². The first-order valence-electron chi connectivity index (χ1n) is 12.5. The van der Waals surface area contributed by atoms with Gasteiger partial charge in [-0.3, -0.25) is 0 Å². The Morgan fingerprint density at radius 3 is 2.64 bits per heavy atom. The summed E-state index contributed by atoms with van der Waals surface area (Å²) in [5.41, 5.74) is 4.68. The molecule has 0 spiro atoms. The minimum Gasteiger partial charge on any atom is -0.355 e. The topological polar surface area (TPSA) is 70.1 Å². The van der Waals surface area contributed by atoms with Crippen LogP contribution in [-0.2, 0) is 11.3 Å². The second-order valence-electron chi connectivity index (χ2n) is 9.69. The number of allylic oxidation sites excluding steroid dienone is 1. The number of dihydropyridines is 1. The Morgan fingerprint density at radius 2 is 1.86 bits per heavy atom. The van der Waals surface area contributed by atoms with Gasteiger partial charge in [-0.05, 0) is 49.5 Å². The van der Waals surface area contributed by atoms with Gasteiger partial charge in [-0.1, -0.05) is 60.7 Å². The predicted molar refractivity (Wildman–Crippen MR) is 140 cm³/mol. The maximum Gasteiger partial charge on any atom is 0.199 e. The fourth-order valence-corrected chi connectivity index (χ4v) is 5.40. The number of hydrogen-bond donors (Lipinski definition) is 0. The van der Waals surface area contributed by atoms with Gasteiger partial charge in [0.1, 0.15) is 17.6 Å². The van der Waals surface area contributed by atoms with Crippen molar-refractivity contribution in [2.75, 3.05) is 7.11 Å². The number of hydrogen-bond acceptors (Lipinski definition) is 5. The van der Waals surface area contributed by atoms with Crippen molar-refractivity contribution in [1.29, 1.82) is 0 Å². The van der Waals surface area contributed by atoms with Crippen molar-refractivity contribution >= 4 is 5.71 Å². The molecule has 2 aromatic carbocycles. The highest BCUT2D eigenvalue weighted by Crippen LogP contribution is 2.38. The van der Waals surface area contributed by atoms with E-state index in [4.69, 9.17) is 19.8 Å². The van der Waals surface area contributed by atoms with Crippen molar-refractivity contribution in [2.24, 2.45) is 4.99 Å². The molecule has 7 heteroatoms. The van der Waals surface area contributed by atoms with Crippen molar-refractivity contribution in [1.82, 2.24) is 24.3 Å². The molecule has 2 aromatic heterocycles. The van der Waals surface area contributed by atoms with E-state index in [0.717, 1.165) is 36.6 Å². The summed E-state index contributed by atoms with van der Waals surface area (Å²) in [6.07, 6.45) is 10.1. The maximum absolute atomic E-state index is 5.91. The molecule has 6 rings (SSSR count). The number of methoxy groups -OCH3 is 1. The summed E-state index contributed by atoms with van der Waals surface area (Å²) in [7, 11) is 1.69. The van der Waals surface area contributed by atoms with Gasteiger partial charge in [-0.25, -0.2) is 19.6 Å². The minimum absolute atomic E-state index is 0.102. The molecule has 4 heterocycles. The van der Waals surface area contributed by atoms with Crippen LogP contribution in [0.15, 0.2) is 84.3 Å². The molecule has 0 N–H and O–H groups in total. The molecule has 0 aliphatic carbocycles. The zero-order chi connectivity index (χ0) is 24.7. The third kappa shape index (κ3) is 3.89. The smallest absolute Gasteiger partial charge is 0.199 e. The number of fused-ring (bicyclic) bond motifs is 1. The van der Waals surface area contributed by atoms with E-state index in [1.807, 2.05) is 37.0 Å². The molecular formula is C29H30N6O. The van der Waals surface area contributed by atoms with Crippen LogP contribution in [0.1, 0.15) is 54.6 Å². The Kier molecular flexibility index (Phi) is 5.64. The Balaban J connectivity index is 1.37. The molecule has 182 valence electrons. The van der Waals surface area contributed by atoms with E-state index in [1.165, 1.54) is 16.7 Å². The van der Waals surface area contributed by atoms with E-state index < -0.39 is 5.72 Å². The van der Waals surface area contributed by atoms with E-state index in [2.05, 4.69) is 70.3 Å². The van der Waals surface area contributed by atoms with Gasteiger partial charge in [0.05, 0.1) is 12.0 Å². The monoisotopic (exact) mass is 478 g/mol. The molecule has 2 aliphatic heterocycles. The van der Waals surface area contributed by atoms with Crippen LogP contribution in [-0.4, -0.2) is 42.9 Å². The molecule has 0 fully saturated rings. The van der Waals surface area contributed by atoms with Gasteiger partial charge >= 0.3 is 0 Å². The second-order valence-corrected chi connectivity index (χ2v) is 9.69. The van der Waals surface area contributed by atoms with E-state index in [0.29, 0.717) is 5.82 Å². The third-order valence-electron chi connectivity index (χ3n) is 7.32. The van der Waals surface area contributed by atoms with Gasteiger partial charge in [0.25, 0.3) is 0 Å². The fourth-order valence-electron chi connectivity index (χ4n) is 5.40. The molecule has 36 heavy (non-hydrogen) atoms. The second kappa shape index (κ2) is 8.99. The normalized spacial score (nSPS) is 23.4. The third-order valence-corrected chi connectivity index (χ3v) is 7.32. The Hall–Kier alpha value is -3.84. The van der Waals surface area contributed by atoms with E-state index in [9.17, 15) is 0 Å². The summed E-state index contributed by atoms with van der Waals surface area (Å²) < 4.78 is 10.0. The highest BCUT2D eigenvalue weighted by molar-refractivity contribution is 6.06. The first kappa shape index (κ1) is 22.6. The van der Waals surface area contributed by atoms with Crippen LogP contribution in [0.2, 0.25) is 0 Å². The average Bonchev–Trinajstić information content (AvgIpc) is 3.55. The highest BCUT2D eigenvalue weighted by atomic mass is 16.5. The van der Waals surface area contributed by atoms with Crippen LogP contribution < -0.4 is 0 Å². The van der Waals surface area contributed by atoms with Gasteiger partial charge in [-0.15, -0.1) is 5.10 Å². The lowest BCUT2D eigenvalue weighted by Gasteiger charge is -2.34. The Morgan fingerprint density at radius 1 is 1.06 bits per heavy atom. The van der Waals surface area contributed by atoms with Crippen LogP contribution in [0.4, 0.5) is 0 Å². The van der Waals surface area contributed by atoms with Crippen molar-refractivity contribution in [3.8, 4) is 11.1 Å². The summed E-state index contributed by atoms with van der Waals surface area (Å²) in [4.78, 5) is 14.4. The number of benzene rings is 2. The quantitative estimate of drug-likeness (QED) is 0.388. The van der Waals surface area contributed by atoms with Gasteiger partial charge in [0.15, 0.2) is 11.5 Å². The van der Waals surface area contributed by atoms with Crippen LogP contribution in [0.5, 0.6) is 0 Å². The van der Waals surface area contributed by atoms with Crippen molar-refractivity contribution in [3.05, 3.63) is 102 Å². The van der Waals surface area contributed by atoms with Crippen LogP contribution >= 0.6 is 0 Å². The summed E-state index contributed by atoms with van der Waals surface area (Å²) in [6.45, 7) is 4.83. The van der Waals surface area contributed by atoms with E-state index in [1.54, 1.807) is 7.11 Å². The lowest BCUT2D eigenvalue weighted by molar-refractivity contribution is -0.0170. The molecule has 2 aliphatic rings. The summed E-state index contributed by atoms with van der Waals surface area (Å²) >= 11 is 0. The number of aliphatic imine (C=N–C) groups is 1. The highest BCUT2D eigenvalue weighted by Gasteiger charge is 2.38. The predicted octanol–water partition coefficient (Wildman–Crippen LogP) is 5.34. The largest absolute Gasteiger partial charge is 0.355 e. The molecule has 0 amide bonds. The molecule has 7 nitrogen and oxygen atoms in total. The molecule has 0 saturated heterocycles.